The molecule has 1 atom stereocenters. The summed E-state index contributed by atoms with van der Waals surface area (Å²) in [5.74, 6) is 6.06. The van der Waals surface area contributed by atoms with Crippen molar-refractivity contribution in [2.45, 2.75) is 18.9 Å². The summed E-state index contributed by atoms with van der Waals surface area (Å²) in [5.41, 5.74) is 2.87. The first-order valence-electron chi connectivity index (χ1n) is 5.43. The van der Waals surface area contributed by atoms with Gasteiger partial charge in [-0.25, -0.2) is 4.39 Å². The molecule has 3 rings (SSSR count). The lowest BCUT2D eigenvalue weighted by molar-refractivity contribution is 0.505. The quantitative estimate of drug-likeness (QED) is 0.635. The third-order valence-corrected chi connectivity index (χ3v) is 4.28. The zero-order chi connectivity index (χ0) is 11.1. The molecule has 1 unspecified atom stereocenters. The van der Waals surface area contributed by atoms with Crippen LogP contribution in [-0.4, -0.2) is 0 Å². The smallest absolute Gasteiger partial charge is 0.123 e. The first-order valence-corrected chi connectivity index (χ1v) is 6.24. The van der Waals surface area contributed by atoms with Crippen molar-refractivity contribution in [1.82, 2.24) is 5.43 Å². The van der Waals surface area contributed by atoms with Gasteiger partial charge in [0.25, 0.3) is 0 Å². The maximum Gasteiger partial charge on any atom is 0.123 e. The Morgan fingerprint density at radius 3 is 2.88 bits per heavy atom. The lowest BCUT2D eigenvalue weighted by Crippen LogP contribution is -2.28. The molecule has 2 aromatic rings. The number of thiophene rings is 1. The van der Waals surface area contributed by atoms with Gasteiger partial charge in [0.05, 0.1) is 6.04 Å². The van der Waals surface area contributed by atoms with Gasteiger partial charge in [0.15, 0.2) is 0 Å². The molecule has 3 N–H and O–H groups in total. The van der Waals surface area contributed by atoms with E-state index in [1.807, 2.05) is 12.1 Å². The summed E-state index contributed by atoms with van der Waals surface area (Å²) >= 11 is 1.70. The highest BCUT2D eigenvalue weighted by atomic mass is 32.1. The number of benzene rings is 1. The molecule has 1 aliphatic rings. The Morgan fingerprint density at radius 2 is 2.19 bits per heavy atom. The Hall–Kier alpha value is -0.970. The van der Waals surface area contributed by atoms with Crippen LogP contribution >= 0.6 is 11.3 Å². The second kappa shape index (κ2) is 3.80. The van der Waals surface area contributed by atoms with Crippen LogP contribution in [0.3, 0.4) is 0 Å². The van der Waals surface area contributed by atoms with Gasteiger partial charge in [-0.1, -0.05) is 0 Å². The SMILES string of the molecule is NNC(c1cc2cc(F)ccc2s1)C1CC1. The summed E-state index contributed by atoms with van der Waals surface area (Å²) in [5, 5.41) is 0.973. The lowest BCUT2D eigenvalue weighted by Gasteiger charge is -2.11. The fourth-order valence-corrected chi connectivity index (χ4v) is 3.27. The number of halogens is 1. The number of fused-ring (bicyclic) bond motifs is 1. The molecule has 0 aliphatic heterocycles. The van der Waals surface area contributed by atoms with E-state index in [9.17, 15) is 4.39 Å². The minimum absolute atomic E-state index is 0.180. The molecule has 1 fully saturated rings. The molecule has 0 amide bonds. The molecule has 4 heteroatoms. The second-order valence-corrected chi connectivity index (χ2v) is 5.43. The van der Waals surface area contributed by atoms with E-state index in [0.717, 1.165) is 10.1 Å². The van der Waals surface area contributed by atoms with E-state index in [1.165, 1.54) is 23.8 Å². The highest BCUT2D eigenvalue weighted by Gasteiger charge is 2.32. The molecule has 1 aromatic heterocycles. The van der Waals surface area contributed by atoms with E-state index in [0.29, 0.717) is 5.92 Å². The number of hydrogen-bond donors (Lipinski definition) is 2. The number of nitrogens with one attached hydrogen (secondary N) is 1. The van der Waals surface area contributed by atoms with Crippen LogP contribution in [0, 0.1) is 11.7 Å². The van der Waals surface area contributed by atoms with Crippen molar-refractivity contribution in [3.63, 3.8) is 0 Å². The first-order chi connectivity index (χ1) is 7.78. The van der Waals surface area contributed by atoms with Crippen LogP contribution < -0.4 is 11.3 Å². The van der Waals surface area contributed by atoms with Gasteiger partial charge in [-0.3, -0.25) is 11.3 Å². The Bertz CT molecular complexity index is 519. The van der Waals surface area contributed by atoms with Gasteiger partial charge >= 0.3 is 0 Å². The maximum absolute atomic E-state index is 13.1. The Kier molecular flexibility index (Phi) is 2.42. The topological polar surface area (TPSA) is 38.0 Å². The average molecular weight is 236 g/mol. The van der Waals surface area contributed by atoms with E-state index >= 15 is 0 Å². The molecule has 0 bridgehead atoms. The molecule has 0 spiro atoms. The molecule has 1 heterocycles. The lowest BCUT2D eigenvalue weighted by atomic mass is 10.1. The van der Waals surface area contributed by atoms with Gasteiger partial charge in [-0.05, 0) is 48.4 Å². The van der Waals surface area contributed by atoms with E-state index < -0.39 is 0 Å². The van der Waals surface area contributed by atoms with Crippen molar-refractivity contribution in [3.8, 4) is 0 Å². The standard InChI is InChI=1S/C12H13FN2S/c13-9-3-4-10-8(5-9)6-11(16-10)12(15-14)7-1-2-7/h3-7,12,15H,1-2,14H2. The van der Waals surface area contributed by atoms with Gasteiger partial charge in [0.2, 0.25) is 0 Å². The maximum atomic E-state index is 13.1. The van der Waals surface area contributed by atoms with Crippen molar-refractivity contribution in [2.75, 3.05) is 0 Å². The largest absolute Gasteiger partial charge is 0.271 e. The number of nitrogens with two attached hydrogens (primary N) is 1. The highest BCUT2D eigenvalue weighted by Crippen LogP contribution is 2.43. The molecular formula is C12H13FN2S. The second-order valence-electron chi connectivity index (χ2n) is 4.31. The third-order valence-electron chi connectivity index (χ3n) is 3.08. The summed E-state index contributed by atoms with van der Waals surface area (Å²) < 4.78 is 14.2. The van der Waals surface area contributed by atoms with Crippen LogP contribution in [0.15, 0.2) is 24.3 Å². The monoisotopic (exact) mass is 236 g/mol. The van der Waals surface area contributed by atoms with Crippen molar-refractivity contribution >= 4 is 21.4 Å². The van der Waals surface area contributed by atoms with Gasteiger partial charge < -0.3 is 0 Å². The van der Waals surface area contributed by atoms with Crippen molar-refractivity contribution in [3.05, 3.63) is 35.0 Å². The molecule has 2 nitrogen and oxygen atoms in total. The zero-order valence-electron chi connectivity index (χ0n) is 8.74. The van der Waals surface area contributed by atoms with Crippen LogP contribution in [0.5, 0.6) is 0 Å². The molecule has 84 valence electrons. The Labute approximate surface area is 97.2 Å². The molecule has 0 saturated heterocycles. The molecule has 1 aliphatic carbocycles. The van der Waals surface area contributed by atoms with Gasteiger partial charge in [-0.2, -0.15) is 0 Å². The molecular weight excluding hydrogens is 223 g/mol. The fraction of sp³-hybridized carbons (Fsp3) is 0.333. The summed E-state index contributed by atoms with van der Waals surface area (Å²) in [7, 11) is 0. The molecule has 1 saturated carbocycles. The van der Waals surface area contributed by atoms with E-state index in [4.69, 9.17) is 5.84 Å². The van der Waals surface area contributed by atoms with Gasteiger partial charge in [0, 0.05) is 9.58 Å². The summed E-state index contributed by atoms with van der Waals surface area (Å²) in [6, 6.07) is 7.20. The van der Waals surface area contributed by atoms with Crippen molar-refractivity contribution in [2.24, 2.45) is 11.8 Å². The van der Waals surface area contributed by atoms with Crippen molar-refractivity contribution < 1.29 is 4.39 Å². The first kappa shape index (κ1) is 10.2. The molecule has 1 aromatic carbocycles. The number of rotatable bonds is 3. The normalized spacial score (nSPS) is 17.9. The number of hydrazine groups is 1. The van der Waals surface area contributed by atoms with Gasteiger partial charge in [-0.15, -0.1) is 11.3 Å². The predicted octanol–water partition coefficient (Wildman–Crippen LogP) is 2.95. The summed E-state index contributed by atoms with van der Waals surface area (Å²) in [6.07, 6.45) is 2.47. The third kappa shape index (κ3) is 1.73. The summed E-state index contributed by atoms with van der Waals surface area (Å²) in [6.45, 7) is 0. The molecule has 0 radical (unpaired) electrons. The van der Waals surface area contributed by atoms with Crippen LogP contribution in [-0.2, 0) is 0 Å². The van der Waals surface area contributed by atoms with E-state index in [1.54, 1.807) is 17.4 Å². The van der Waals surface area contributed by atoms with Gasteiger partial charge in [0.1, 0.15) is 5.82 Å². The highest BCUT2D eigenvalue weighted by molar-refractivity contribution is 7.19. The zero-order valence-corrected chi connectivity index (χ0v) is 9.56. The minimum atomic E-state index is -0.180. The minimum Gasteiger partial charge on any atom is -0.271 e. The summed E-state index contributed by atoms with van der Waals surface area (Å²) in [4.78, 5) is 1.21. The Balaban J connectivity index is 2.03. The molecule has 16 heavy (non-hydrogen) atoms. The van der Waals surface area contributed by atoms with Crippen molar-refractivity contribution in [1.29, 1.82) is 0 Å². The van der Waals surface area contributed by atoms with E-state index in [-0.39, 0.29) is 11.9 Å². The van der Waals surface area contributed by atoms with Crippen LogP contribution in [0.2, 0.25) is 0 Å². The fourth-order valence-electron chi connectivity index (χ4n) is 2.07. The Morgan fingerprint density at radius 1 is 1.38 bits per heavy atom. The van der Waals surface area contributed by atoms with Crippen LogP contribution in [0.1, 0.15) is 23.8 Å². The van der Waals surface area contributed by atoms with E-state index in [2.05, 4.69) is 5.43 Å². The predicted molar refractivity (Wildman–Crippen MR) is 64.6 cm³/mol. The average Bonchev–Trinajstić information content (AvgIpc) is 2.99. The number of hydrogen-bond acceptors (Lipinski definition) is 3. The van der Waals surface area contributed by atoms with Crippen LogP contribution in [0.4, 0.5) is 4.39 Å². The van der Waals surface area contributed by atoms with Crippen LogP contribution in [0.25, 0.3) is 10.1 Å².